The van der Waals surface area contributed by atoms with Crippen LogP contribution >= 0.6 is 0 Å². The lowest BCUT2D eigenvalue weighted by Gasteiger charge is -2.07. The third-order valence-electron chi connectivity index (χ3n) is 3.21. The first-order valence-electron chi connectivity index (χ1n) is 6.75. The second-order valence-electron chi connectivity index (χ2n) is 4.61. The Balaban J connectivity index is 2.02. The van der Waals surface area contributed by atoms with Crippen molar-refractivity contribution in [1.82, 2.24) is 14.6 Å². The topological polar surface area (TPSA) is 45.1 Å². The summed E-state index contributed by atoms with van der Waals surface area (Å²) in [5, 5.41) is 6.69. The lowest BCUT2D eigenvalue weighted by molar-refractivity contribution is 0.824. The Bertz CT molecular complexity index is 651. The molecule has 2 aromatic heterocycles. The Kier molecular flexibility index (Phi) is 3.23. The van der Waals surface area contributed by atoms with Crippen LogP contribution in [0.25, 0.3) is 16.9 Å². The van der Waals surface area contributed by atoms with E-state index in [1.54, 1.807) is 0 Å². The van der Waals surface area contributed by atoms with E-state index in [4.69, 9.17) is 4.98 Å². The van der Waals surface area contributed by atoms with Gasteiger partial charge in [-0.15, -0.1) is 0 Å². The molecule has 98 valence electrons. The molecule has 0 amide bonds. The van der Waals surface area contributed by atoms with Gasteiger partial charge in [-0.3, -0.25) is 5.10 Å². The molecule has 4 nitrogen and oxygen atoms in total. The van der Waals surface area contributed by atoms with Crippen molar-refractivity contribution in [3.8, 4) is 11.3 Å². The van der Waals surface area contributed by atoms with Gasteiger partial charge in [-0.1, -0.05) is 43.7 Å². The van der Waals surface area contributed by atoms with E-state index in [9.17, 15) is 0 Å². The molecule has 0 aliphatic heterocycles. The smallest absolute Gasteiger partial charge is 0.155 e. The first-order chi connectivity index (χ1) is 9.40. The molecule has 1 aromatic carbocycles. The number of anilines is 1. The summed E-state index contributed by atoms with van der Waals surface area (Å²) in [6.07, 6.45) is 4.24. The van der Waals surface area contributed by atoms with Crippen molar-refractivity contribution < 1.29 is 0 Å². The molecular weight excluding hydrogens is 236 g/mol. The molecule has 19 heavy (non-hydrogen) atoms. The lowest BCUT2D eigenvalue weighted by Crippen LogP contribution is -2.05. The minimum absolute atomic E-state index is 0.942. The van der Waals surface area contributed by atoms with Gasteiger partial charge in [0.2, 0.25) is 0 Å². The molecule has 2 heterocycles. The van der Waals surface area contributed by atoms with Crippen LogP contribution in [0.3, 0.4) is 0 Å². The predicted octanol–water partition coefficient (Wildman–Crippen LogP) is 3.54. The zero-order valence-electron chi connectivity index (χ0n) is 11.1. The van der Waals surface area contributed by atoms with Crippen LogP contribution < -0.4 is 5.32 Å². The van der Waals surface area contributed by atoms with Gasteiger partial charge < -0.3 is 5.32 Å². The van der Waals surface area contributed by atoms with Crippen molar-refractivity contribution in [2.75, 3.05) is 11.9 Å². The summed E-state index contributed by atoms with van der Waals surface area (Å²) < 4.78 is 2.00. The second kappa shape index (κ2) is 5.18. The summed E-state index contributed by atoms with van der Waals surface area (Å²) in [5.74, 6) is 1.04. The maximum Gasteiger partial charge on any atom is 0.155 e. The Morgan fingerprint density at radius 2 is 2.05 bits per heavy atom. The number of aromatic nitrogens is 3. The zero-order chi connectivity index (χ0) is 13.1. The largest absolute Gasteiger partial charge is 0.368 e. The van der Waals surface area contributed by atoms with Crippen molar-refractivity contribution in [3.05, 3.63) is 42.6 Å². The van der Waals surface area contributed by atoms with Crippen LogP contribution in [0, 0.1) is 0 Å². The Morgan fingerprint density at radius 1 is 1.21 bits per heavy atom. The molecule has 0 radical (unpaired) electrons. The van der Waals surface area contributed by atoms with Crippen LogP contribution in [0.2, 0.25) is 0 Å². The number of H-pyrrole nitrogens is 1. The average molecular weight is 254 g/mol. The average Bonchev–Trinajstić information content (AvgIpc) is 3.02. The molecule has 0 unspecified atom stereocenters. The van der Waals surface area contributed by atoms with E-state index < -0.39 is 0 Å². The number of hydrogen-bond acceptors (Lipinski definition) is 2. The second-order valence-corrected chi connectivity index (χ2v) is 4.61. The molecule has 3 aromatic rings. The highest BCUT2D eigenvalue weighted by atomic mass is 15.3. The van der Waals surface area contributed by atoms with Gasteiger partial charge in [-0.25, -0.2) is 9.50 Å². The van der Waals surface area contributed by atoms with Gasteiger partial charge in [0.1, 0.15) is 5.69 Å². The van der Waals surface area contributed by atoms with Gasteiger partial charge in [0.25, 0.3) is 0 Å². The number of hydrogen-bond donors (Lipinski definition) is 2. The Morgan fingerprint density at radius 3 is 2.84 bits per heavy atom. The maximum atomic E-state index is 4.69. The van der Waals surface area contributed by atoms with Gasteiger partial charge in [0.05, 0.1) is 0 Å². The highest BCUT2D eigenvalue weighted by Crippen LogP contribution is 2.28. The molecule has 0 saturated heterocycles. The van der Waals surface area contributed by atoms with Crippen LogP contribution in [-0.2, 0) is 0 Å². The fraction of sp³-hybridized carbons (Fsp3) is 0.267. The van der Waals surface area contributed by atoms with Crippen molar-refractivity contribution in [2.45, 2.75) is 19.8 Å². The third kappa shape index (κ3) is 2.21. The first-order valence-corrected chi connectivity index (χ1v) is 6.75. The quantitative estimate of drug-likeness (QED) is 0.684. The first kappa shape index (κ1) is 11.8. The maximum absolute atomic E-state index is 4.69. The Labute approximate surface area is 112 Å². The monoisotopic (exact) mass is 254 g/mol. The lowest BCUT2D eigenvalue weighted by atomic mass is 10.1. The Hall–Kier alpha value is -2.23. The van der Waals surface area contributed by atoms with E-state index in [2.05, 4.69) is 29.5 Å². The van der Waals surface area contributed by atoms with Crippen LogP contribution in [0.1, 0.15) is 19.8 Å². The molecule has 0 saturated carbocycles. The molecular formula is C15H18N4. The molecule has 4 heteroatoms. The van der Waals surface area contributed by atoms with Crippen molar-refractivity contribution in [3.63, 3.8) is 0 Å². The van der Waals surface area contributed by atoms with Crippen molar-refractivity contribution in [1.29, 1.82) is 0 Å². The number of unbranched alkanes of at least 4 members (excludes halogenated alkanes) is 1. The normalized spacial score (nSPS) is 11.0. The van der Waals surface area contributed by atoms with E-state index in [0.717, 1.165) is 35.7 Å². The fourth-order valence-electron chi connectivity index (χ4n) is 2.21. The summed E-state index contributed by atoms with van der Waals surface area (Å²) in [4.78, 5) is 4.69. The van der Waals surface area contributed by atoms with Gasteiger partial charge >= 0.3 is 0 Å². The number of aromatic amines is 1. The number of fused-ring (bicyclic) bond motifs is 1. The number of rotatable bonds is 5. The minimum Gasteiger partial charge on any atom is -0.368 e. The standard InChI is InChI=1S/C15H18N4/c1-2-3-10-16-15-14(12-7-5-4-6-8-12)18-13-9-11-17-19(13)15/h4-9,11,16-17H,2-3,10H2,1H3. The highest BCUT2D eigenvalue weighted by molar-refractivity contribution is 5.76. The van der Waals surface area contributed by atoms with E-state index in [1.165, 1.54) is 6.42 Å². The molecule has 0 aliphatic carbocycles. The highest BCUT2D eigenvalue weighted by Gasteiger charge is 2.13. The summed E-state index contributed by atoms with van der Waals surface area (Å²) >= 11 is 0. The van der Waals surface area contributed by atoms with Gasteiger partial charge in [-0.05, 0) is 6.42 Å². The molecule has 0 atom stereocenters. The van der Waals surface area contributed by atoms with Crippen LogP contribution in [0.15, 0.2) is 42.6 Å². The predicted molar refractivity (Wildman–Crippen MR) is 78.4 cm³/mol. The number of benzene rings is 1. The van der Waals surface area contributed by atoms with E-state index in [-0.39, 0.29) is 0 Å². The molecule has 2 N–H and O–H groups in total. The van der Waals surface area contributed by atoms with Gasteiger partial charge in [-0.2, -0.15) is 0 Å². The molecule has 0 fully saturated rings. The summed E-state index contributed by atoms with van der Waals surface area (Å²) in [6, 6.07) is 12.3. The van der Waals surface area contributed by atoms with Gasteiger partial charge in [0, 0.05) is 24.4 Å². The van der Waals surface area contributed by atoms with Crippen molar-refractivity contribution in [2.24, 2.45) is 0 Å². The van der Waals surface area contributed by atoms with Crippen molar-refractivity contribution >= 4 is 11.5 Å². The molecule has 0 aliphatic rings. The van der Waals surface area contributed by atoms with Gasteiger partial charge in [0.15, 0.2) is 11.5 Å². The molecule has 3 rings (SSSR count). The molecule has 0 bridgehead atoms. The van der Waals surface area contributed by atoms with E-state index in [1.807, 2.05) is 35.0 Å². The fourth-order valence-corrected chi connectivity index (χ4v) is 2.21. The van der Waals surface area contributed by atoms with E-state index >= 15 is 0 Å². The van der Waals surface area contributed by atoms with Crippen LogP contribution in [-0.4, -0.2) is 21.1 Å². The van der Waals surface area contributed by atoms with E-state index in [0.29, 0.717) is 0 Å². The van der Waals surface area contributed by atoms with Crippen LogP contribution in [0.5, 0.6) is 0 Å². The summed E-state index contributed by atoms with van der Waals surface area (Å²) in [7, 11) is 0. The summed E-state index contributed by atoms with van der Waals surface area (Å²) in [5.41, 5.74) is 3.08. The number of imidazole rings is 1. The third-order valence-corrected chi connectivity index (χ3v) is 3.21. The number of nitrogens with zero attached hydrogens (tertiary/aromatic N) is 2. The minimum atomic E-state index is 0.942. The number of nitrogens with one attached hydrogen (secondary N) is 2. The SMILES string of the molecule is CCCCNc1c(-c2ccccc2)nc2cc[nH]n12. The van der Waals surface area contributed by atoms with Crippen LogP contribution in [0.4, 0.5) is 5.82 Å². The zero-order valence-corrected chi connectivity index (χ0v) is 11.1. The summed E-state index contributed by atoms with van der Waals surface area (Å²) in [6.45, 7) is 3.16. The molecule has 0 spiro atoms.